The molecule has 1 rings (SSSR count). The van der Waals surface area contributed by atoms with Gasteiger partial charge in [0.2, 0.25) is 0 Å². The molecule has 1 aromatic rings. The third-order valence-electron chi connectivity index (χ3n) is 3.02. The third kappa shape index (κ3) is 5.63. The molecule has 0 saturated heterocycles. The van der Waals surface area contributed by atoms with Gasteiger partial charge in [0, 0.05) is 31.2 Å². The van der Waals surface area contributed by atoms with Crippen molar-refractivity contribution in [3.8, 4) is 0 Å². The van der Waals surface area contributed by atoms with Crippen LogP contribution in [0.2, 0.25) is 5.15 Å². The minimum atomic E-state index is 0.269. The van der Waals surface area contributed by atoms with Crippen LogP contribution in [0.25, 0.3) is 0 Å². The summed E-state index contributed by atoms with van der Waals surface area (Å²) in [7, 11) is 0. The van der Waals surface area contributed by atoms with Crippen molar-refractivity contribution < 1.29 is 4.74 Å². The van der Waals surface area contributed by atoms with E-state index in [4.69, 9.17) is 16.3 Å². The van der Waals surface area contributed by atoms with Crippen molar-refractivity contribution in [2.75, 3.05) is 25.1 Å². The second kappa shape index (κ2) is 9.14. The van der Waals surface area contributed by atoms with E-state index in [0.29, 0.717) is 5.15 Å². The molecule has 0 amide bonds. The molecule has 1 heterocycles. The predicted octanol–water partition coefficient (Wildman–Crippen LogP) is 4.18. The Balaban J connectivity index is 2.43. The summed E-state index contributed by atoms with van der Waals surface area (Å²) in [5.74, 6) is 1.88. The zero-order valence-corrected chi connectivity index (χ0v) is 13.8. The van der Waals surface area contributed by atoms with Crippen molar-refractivity contribution in [2.24, 2.45) is 0 Å². The Morgan fingerprint density at radius 3 is 2.55 bits per heavy atom. The van der Waals surface area contributed by atoms with Crippen molar-refractivity contribution in [2.45, 2.75) is 52.9 Å². The molecule has 0 aliphatic carbocycles. The summed E-state index contributed by atoms with van der Waals surface area (Å²) < 4.78 is 5.53. The first-order valence-corrected chi connectivity index (χ1v) is 7.79. The summed E-state index contributed by atoms with van der Waals surface area (Å²) in [6.07, 6.45) is 3.27. The number of hydrogen-bond donors (Lipinski definition) is 1. The van der Waals surface area contributed by atoms with Crippen LogP contribution in [0.15, 0.2) is 0 Å². The molecule has 0 unspecified atom stereocenters. The minimum absolute atomic E-state index is 0.269. The molecule has 0 aromatic carbocycles. The topological polar surface area (TPSA) is 47.0 Å². The molecule has 0 radical (unpaired) electrons. The van der Waals surface area contributed by atoms with Crippen LogP contribution >= 0.6 is 11.6 Å². The quantitative estimate of drug-likeness (QED) is 0.549. The number of nitrogens with zero attached hydrogens (tertiary/aromatic N) is 2. The van der Waals surface area contributed by atoms with Crippen LogP contribution in [0, 0.1) is 6.92 Å². The highest BCUT2D eigenvalue weighted by Gasteiger charge is 2.11. The Morgan fingerprint density at radius 2 is 1.90 bits per heavy atom. The zero-order chi connectivity index (χ0) is 15.0. The molecule has 4 nitrogen and oxygen atoms in total. The Morgan fingerprint density at radius 1 is 1.20 bits per heavy atom. The minimum Gasteiger partial charge on any atom is -0.381 e. The van der Waals surface area contributed by atoms with Crippen molar-refractivity contribution in [3.05, 3.63) is 16.5 Å². The van der Waals surface area contributed by atoms with Crippen molar-refractivity contribution in [1.82, 2.24) is 9.97 Å². The smallest absolute Gasteiger partial charge is 0.137 e. The average Bonchev–Trinajstić information content (AvgIpc) is 2.41. The molecule has 0 spiro atoms. The second-order valence-electron chi connectivity index (χ2n) is 5.25. The fourth-order valence-electron chi connectivity index (χ4n) is 1.67. The van der Waals surface area contributed by atoms with E-state index in [1.54, 1.807) is 0 Å². The number of hydrogen-bond acceptors (Lipinski definition) is 4. The van der Waals surface area contributed by atoms with Crippen LogP contribution in [0.4, 0.5) is 5.82 Å². The van der Waals surface area contributed by atoms with E-state index in [1.165, 1.54) is 6.42 Å². The monoisotopic (exact) mass is 299 g/mol. The molecule has 0 bridgehead atoms. The van der Waals surface area contributed by atoms with Crippen LogP contribution < -0.4 is 5.32 Å². The first-order valence-electron chi connectivity index (χ1n) is 7.41. The molecule has 1 aromatic heterocycles. The number of aromatic nitrogens is 2. The number of halogens is 1. The zero-order valence-electron chi connectivity index (χ0n) is 13.0. The summed E-state index contributed by atoms with van der Waals surface area (Å²) in [6, 6.07) is 0. The molecule has 5 heteroatoms. The normalized spacial score (nSPS) is 11.1. The summed E-state index contributed by atoms with van der Waals surface area (Å²) in [5, 5.41) is 3.86. The summed E-state index contributed by atoms with van der Waals surface area (Å²) in [5.41, 5.74) is 0.906. The lowest BCUT2D eigenvalue weighted by atomic mass is 10.2. The largest absolute Gasteiger partial charge is 0.381 e. The van der Waals surface area contributed by atoms with Gasteiger partial charge in [0.25, 0.3) is 0 Å². The first-order chi connectivity index (χ1) is 9.56. The van der Waals surface area contributed by atoms with Gasteiger partial charge >= 0.3 is 0 Å². The standard InChI is InChI=1S/C15H26ClN3O/c1-5-6-9-20-10-7-8-17-15-12(4)13(16)18-14(19-15)11(2)3/h11H,5-10H2,1-4H3,(H,17,18,19). The van der Waals surface area contributed by atoms with Gasteiger partial charge in [-0.1, -0.05) is 38.8 Å². The van der Waals surface area contributed by atoms with Gasteiger partial charge in [-0.05, 0) is 19.8 Å². The summed E-state index contributed by atoms with van der Waals surface area (Å²) in [4.78, 5) is 8.83. The van der Waals surface area contributed by atoms with Gasteiger partial charge in [-0.3, -0.25) is 0 Å². The lowest BCUT2D eigenvalue weighted by Gasteiger charge is -2.13. The molecule has 0 aliphatic rings. The van der Waals surface area contributed by atoms with Crippen LogP contribution in [0.3, 0.4) is 0 Å². The maximum absolute atomic E-state index is 6.14. The van der Waals surface area contributed by atoms with Gasteiger partial charge in [0.15, 0.2) is 0 Å². The highest BCUT2D eigenvalue weighted by Crippen LogP contribution is 2.22. The Hall–Kier alpha value is -0.870. The van der Waals surface area contributed by atoms with E-state index in [9.17, 15) is 0 Å². The van der Waals surface area contributed by atoms with E-state index in [2.05, 4.69) is 36.1 Å². The molecular weight excluding hydrogens is 274 g/mol. The highest BCUT2D eigenvalue weighted by molar-refractivity contribution is 6.30. The van der Waals surface area contributed by atoms with Crippen LogP contribution in [-0.2, 0) is 4.74 Å². The van der Waals surface area contributed by atoms with Gasteiger partial charge < -0.3 is 10.1 Å². The van der Waals surface area contributed by atoms with Crippen molar-refractivity contribution in [3.63, 3.8) is 0 Å². The SMILES string of the molecule is CCCCOCCCNc1nc(C(C)C)nc(Cl)c1C. The average molecular weight is 300 g/mol. The van der Waals surface area contributed by atoms with Crippen LogP contribution in [0.5, 0.6) is 0 Å². The molecule has 0 atom stereocenters. The van der Waals surface area contributed by atoms with Gasteiger partial charge in [-0.2, -0.15) is 0 Å². The van der Waals surface area contributed by atoms with Crippen LogP contribution in [0.1, 0.15) is 57.3 Å². The number of rotatable bonds is 9. The van der Waals surface area contributed by atoms with E-state index in [-0.39, 0.29) is 5.92 Å². The first kappa shape index (κ1) is 17.2. The summed E-state index contributed by atoms with van der Waals surface area (Å²) >= 11 is 6.14. The Bertz CT molecular complexity index is 410. The van der Waals surface area contributed by atoms with E-state index < -0.39 is 0 Å². The van der Waals surface area contributed by atoms with Crippen LogP contribution in [-0.4, -0.2) is 29.7 Å². The highest BCUT2D eigenvalue weighted by atomic mass is 35.5. The maximum atomic E-state index is 6.14. The summed E-state index contributed by atoms with van der Waals surface area (Å²) in [6.45, 7) is 10.7. The number of anilines is 1. The fourth-order valence-corrected chi connectivity index (χ4v) is 1.84. The fraction of sp³-hybridized carbons (Fsp3) is 0.733. The molecule has 20 heavy (non-hydrogen) atoms. The molecule has 0 aliphatic heterocycles. The van der Waals surface area contributed by atoms with Crippen molar-refractivity contribution in [1.29, 1.82) is 0 Å². The molecular formula is C15H26ClN3O. The van der Waals surface area contributed by atoms with Crippen molar-refractivity contribution >= 4 is 17.4 Å². The van der Waals surface area contributed by atoms with Gasteiger partial charge in [0.1, 0.15) is 16.8 Å². The van der Waals surface area contributed by atoms with Gasteiger partial charge in [-0.25, -0.2) is 9.97 Å². The number of nitrogens with one attached hydrogen (secondary N) is 1. The number of ether oxygens (including phenoxy) is 1. The third-order valence-corrected chi connectivity index (χ3v) is 3.39. The number of unbranched alkanes of at least 4 members (excludes halogenated alkanes) is 1. The Kier molecular flexibility index (Phi) is 7.85. The molecule has 0 fully saturated rings. The van der Waals surface area contributed by atoms with Gasteiger partial charge in [-0.15, -0.1) is 0 Å². The maximum Gasteiger partial charge on any atom is 0.137 e. The predicted molar refractivity (Wildman–Crippen MR) is 84.7 cm³/mol. The van der Waals surface area contributed by atoms with E-state index in [1.807, 2.05) is 6.92 Å². The second-order valence-corrected chi connectivity index (χ2v) is 5.61. The lowest BCUT2D eigenvalue weighted by molar-refractivity contribution is 0.131. The van der Waals surface area contributed by atoms with E-state index in [0.717, 1.165) is 49.8 Å². The molecule has 1 N–H and O–H groups in total. The van der Waals surface area contributed by atoms with Gasteiger partial charge in [0.05, 0.1) is 0 Å². The van der Waals surface area contributed by atoms with E-state index >= 15 is 0 Å². The molecule has 114 valence electrons. The lowest BCUT2D eigenvalue weighted by Crippen LogP contribution is -2.11. The molecule has 0 saturated carbocycles. The Labute approximate surface area is 127 Å².